The fourth-order valence-corrected chi connectivity index (χ4v) is 2.60. The van der Waals surface area contributed by atoms with E-state index in [9.17, 15) is 0 Å². The Bertz CT molecular complexity index is 422. The van der Waals surface area contributed by atoms with E-state index in [1.54, 1.807) is 0 Å². The van der Waals surface area contributed by atoms with Crippen LogP contribution in [0.25, 0.3) is 0 Å². The topological polar surface area (TPSA) is 37.4 Å². The van der Waals surface area contributed by atoms with Crippen molar-refractivity contribution < 1.29 is 4.74 Å². The number of nitrogens with zero attached hydrogens (tertiary/aromatic N) is 2. The molecule has 0 bridgehead atoms. The Kier molecular flexibility index (Phi) is 6.07. The molecule has 1 aromatic rings. The summed E-state index contributed by atoms with van der Waals surface area (Å²) in [7, 11) is 2.14. The van der Waals surface area contributed by atoms with Gasteiger partial charge in [0.05, 0.1) is 10.7 Å². The van der Waals surface area contributed by atoms with E-state index in [1.165, 1.54) is 0 Å². The lowest BCUT2D eigenvalue weighted by Gasteiger charge is -2.31. The summed E-state index contributed by atoms with van der Waals surface area (Å²) in [6.45, 7) is 5.57. The predicted molar refractivity (Wildman–Crippen MR) is 83.3 cm³/mol. The van der Waals surface area contributed by atoms with Crippen LogP contribution >= 0.6 is 11.6 Å². The normalized spacial score (nSPS) is 16.6. The van der Waals surface area contributed by atoms with Crippen LogP contribution in [-0.4, -0.2) is 42.7 Å². The molecule has 1 aliphatic rings. The van der Waals surface area contributed by atoms with Crippen LogP contribution in [0.2, 0.25) is 5.02 Å². The summed E-state index contributed by atoms with van der Waals surface area (Å²) >= 11 is 6.27. The number of pyridine rings is 1. The Balaban J connectivity index is 1.99. The van der Waals surface area contributed by atoms with Gasteiger partial charge in [-0.1, -0.05) is 18.5 Å². The first kappa shape index (κ1) is 15.5. The van der Waals surface area contributed by atoms with Gasteiger partial charge >= 0.3 is 0 Å². The molecule has 0 aromatic carbocycles. The molecule has 1 aromatic heterocycles. The minimum Gasteiger partial charge on any atom is -0.381 e. The average Bonchev–Trinajstić information content (AvgIpc) is 2.49. The van der Waals surface area contributed by atoms with Crippen molar-refractivity contribution in [1.29, 1.82) is 0 Å². The first-order valence-corrected chi connectivity index (χ1v) is 7.75. The highest BCUT2D eigenvalue weighted by molar-refractivity contribution is 6.31. The minimum absolute atomic E-state index is 0.564. The third-order valence-electron chi connectivity index (χ3n) is 3.69. The van der Waals surface area contributed by atoms with E-state index in [2.05, 4.69) is 29.2 Å². The maximum absolute atomic E-state index is 6.27. The molecule has 1 N–H and O–H groups in total. The third kappa shape index (κ3) is 4.33. The van der Waals surface area contributed by atoms with Crippen molar-refractivity contribution in [3.63, 3.8) is 0 Å². The Morgan fingerprint density at radius 3 is 2.85 bits per heavy atom. The van der Waals surface area contributed by atoms with E-state index in [0.29, 0.717) is 6.04 Å². The molecule has 1 saturated heterocycles. The number of nitrogens with one attached hydrogen (secondary N) is 1. The Morgan fingerprint density at radius 1 is 1.40 bits per heavy atom. The van der Waals surface area contributed by atoms with Crippen molar-refractivity contribution in [2.75, 3.05) is 32.1 Å². The van der Waals surface area contributed by atoms with Gasteiger partial charge in [-0.05, 0) is 38.4 Å². The van der Waals surface area contributed by atoms with Crippen LogP contribution in [-0.2, 0) is 11.3 Å². The highest BCUT2D eigenvalue weighted by Gasteiger charge is 2.19. The SMILES string of the molecule is CCCNc1ccc(Cl)c(CN(C)C2CCOCC2)n1. The summed E-state index contributed by atoms with van der Waals surface area (Å²) in [5.41, 5.74) is 0.946. The monoisotopic (exact) mass is 297 g/mol. The molecule has 4 nitrogen and oxygen atoms in total. The largest absolute Gasteiger partial charge is 0.381 e. The van der Waals surface area contributed by atoms with Gasteiger partial charge in [-0.2, -0.15) is 0 Å². The summed E-state index contributed by atoms with van der Waals surface area (Å²) in [4.78, 5) is 6.96. The third-order valence-corrected chi connectivity index (χ3v) is 4.03. The molecule has 5 heteroatoms. The van der Waals surface area contributed by atoms with Crippen molar-refractivity contribution in [3.05, 3.63) is 22.8 Å². The lowest BCUT2D eigenvalue weighted by Crippen LogP contribution is -2.36. The van der Waals surface area contributed by atoms with Crippen LogP contribution in [0.5, 0.6) is 0 Å². The fraction of sp³-hybridized carbons (Fsp3) is 0.667. The second-order valence-electron chi connectivity index (χ2n) is 5.31. The van der Waals surface area contributed by atoms with Crippen LogP contribution in [0.3, 0.4) is 0 Å². The van der Waals surface area contributed by atoms with E-state index in [1.807, 2.05) is 12.1 Å². The van der Waals surface area contributed by atoms with Gasteiger partial charge in [0.1, 0.15) is 5.82 Å². The van der Waals surface area contributed by atoms with Crippen molar-refractivity contribution >= 4 is 17.4 Å². The van der Waals surface area contributed by atoms with Crippen LogP contribution in [0.15, 0.2) is 12.1 Å². The highest BCUT2D eigenvalue weighted by Crippen LogP contribution is 2.21. The molecule has 0 spiro atoms. The first-order chi connectivity index (χ1) is 9.70. The molecular weight excluding hydrogens is 274 g/mol. The fourth-order valence-electron chi connectivity index (χ4n) is 2.44. The molecule has 0 atom stereocenters. The Hall–Kier alpha value is -0.840. The van der Waals surface area contributed by atoms with Crippen LogP contribution < -0.4 is 5.32 Å². The van der Waals surface area contributed by atoms with E-state index in [-0.39, 0.29) is 0 Å². The number of hydrogen-bond donors (Lipinski definition) is 1. The molecule has 1 fully saturated rings. The van der Waals surface area contributed by atoms with Crippen LogP contribution in [0.1, 0.15) is 31.9 Å². The lowest BCUT2D eigenvalue weighted by molar-refractivity contribution is 0.0403. The summed E-state index contributed by atoms with van der Waals surface area (Å²) < 4.78 is 5.41. The summed E-state index contributed by atoms with van der Waals surface area (Å²) in [5, 5.41) is 4.05. The summed E-state index contributed by atoms with van der Waals surface area (Å²) in [5.74, 6) is 0.909. The van der Waals surface area contributed by atoms with Gasteiger partial charge in [-0.25, -0.2) is 4.98 Å². The zero-order chi connectivity index (χ0) is 14.4. The maximum atomic E-state index is 6.27. The molecule has 2 heterocycles. The average molecular weight is 298 g/mol. The molecule has 20 heavy (non-hydrogen) atoms. The molecule has 1 aliphatic heterocycles. The van der Waals surface area contributed by atoms with Crippen molar-refractivity contribution in [1.82, 2.24) is 9.88 Å². The smallest absolute Gasteiger partial charge is 0.126 e. The number of rotatable bonds is 6. The van der Waals surface area contributed by atoms with Crippen molar-refractivity contribution in [3.8, 4) is 0 Å². The van der Waals surface area contributed by atoms with E-state index in [0.717, 1.165) is 62.1 Å². The van der Waals surface area contributed by atoms with Crippen LogP contribution in [0.4, 0.5) is 5.82 Å². The number of hydrogen-bond acceptors (Lipinski definition) is 4. The van der Waals surface area contributed by atoms with E-state index < -0.39 is 0 Å². The number of anilines is 1. The molecule has 0 amide bonds. The standard InChI is InChI=1S/C15H24ClN3O/c1-3-8-17-15-5-4-13(16)14(18-15)11-19(2)12-6-9-20-10-7-12/h4-5,12H,3,6-11H2,1-2H3,(H,17,18). The second kappa shape index (κ2) is 7.81. The van der Waals surface area contributed by atoms with Gasteiger partial charge in [-0.3, -0.25) is 4.90 Å². The number of ether oxygens (including phenoxy) is 1. The van der Waals surface area contributed by atoms with Gasteiger partial charge in [0.15, 0.2) is 0 Å². The molecule has 0 unspecified atom stereocenters. The summed E-state index contributed by atoms with van der Waals surface area (Å²) in [6, 6.07) is 4.43. The van der Waals surface area contributed by atoms with E-state index >= 15 is 0 Å². The first-order valence-electron chi connectivity index (χ1n) is 7.38. The zero-order valence-electron chi connectivity index (χ0n) is 12.4. The summed E-state index contributed by atoms with van der Waals surface area (Å²) in [6.07, 6.45) is 3.26. The predicted octanol–water partition coefficient (Wildman–Crippen LogP) is 3.17. The van der Waals surface area contributed by atoms with E-state index in [4.69, 9.17) is 16.3 Å². The molecule has 112 valence electrons. The van der Waals surface area contributed by atoms with Gasteiger partial charge in [-0.15, -0.1) is 0 Å². The number of aromatic nitrogens is 1. The van der Waals surface area contributed by atoms with Gasteiger partial charge < -0.3 is 10.1 Å². The molecule has 0 radical (unpaired) electrons. The minimum atomic E-state index is 0.564. The number of halogens is 1. The van der Waals surface area contributed by atoms with Gasteiger partial charge in [0.25, 0.3) is 0 Å². The molecule has 0 aliphatic carbocycles. The van der Waals surface area contributed by atoms with Crippen molar-refractivity contribution in [2.45, 2.75) is 38.8 Å². The Morgan fingerprint density at radius 2 is 2.15 bits per heavy atom. The highest BCUT2D eigenvalue weighted by atomic mass is 35.5. The molecule has 0 saturated carbocycles. The quantitative estimate of drug-likeness (QED) is 0.875. The molecule has 2 rings (SSSR count). The zero-order valence-corrected chi connectivity index (χ0v) is 13.1. The van der Waals surface area contributed by atoms with Crippen molar-refractivity contribution in [2.24, 2.45) is 0 Å². The second-order valence-corrected chi connectivity index (χ2v) is 5.72. The Labute approximate surface area is 126 Å². The maximum Gasteiger partial charge on any atom is 0.126 e. The molecular formula is C15H24ClN3O. The van der Waals surface area contributed by atoms with Crippen LogP contribution in [0, 0.1) is 0 Å². The lowest BCUT2D eigenvalue weighted by atomic mass is 10.1. The van der Waals surface area contributed by atoms with Gasteiger partial charge in [0.2, 0.25) is 0 Å². The van der Waals surface area contributed by atoms with Gasteiger partial charge in [0, 0.05) is 32.3 Å².